The van der Waals surface area contributed by atoms with Gasteiger partial charge < -0.3 is 4.90 Å². The zero-order valence-electron chi connectivity index (χ0n) is 8.37. The summed E-state index contributed by atoms with van der Waals surface area (Å²) in [6.07, 6.45) is 1.95. The van der Waals surface area contributed by atoms with Gasteiger partial charge in [-0.05, 0) is 24.5 Å². The summed E-state index contributed by atoms with van der Waals surface area (Å²) in [7, 11) is 5.71. The number of alkyl halides is 1. The van der Waals surface area contributed by atoms with Crippen molar-refractivity contribution in [2.24, 2.45) is 0 Å². The number of nitrogens with zero attached hydrogens (tertiary/aromatic N) is 1. The fraction of sp³-hybridized carbons (Fsp3) is 0.364. The second-order valence-electron chi connectivity index (χ2n) is 3.67. The molecule has 0 aromatic heterocycles. The minimum Gasteiger partial charge on any atom is -0.311 e. The molecule has 0 saturated carbocycles. The predicted octanol–water partition coefficient (Wildman–Crippen LogP) is 0.998. The zero-order chi connectivity index (χ0) is 10.8. The van der Waals surface area contributed by atoms with E-state index in [0.29, 0.717) is 0 Å². The van der Waals surface area contributed by atoms with Crippen molar-refractivity contribution in [3.8, 4) is 0 Å². The number of benzene rings is 1. The Kier molecular flexibility index (Phi) is 3.01. The molecule has 0 fully saturated rings. The van der Waals surface area contributed by atoms with Crippen molar-refractivity contribution in [2.45, 2.75) is 12.8 Å². The monoisotopic (exact) mass is 219 g/mol. The molecule has 0 N–H and O–H groups in total. The maximum Gasteiger partial charge on any atom is 0.241 e. The van der Waals surface area contributed by atoms with E-state index in [4.69, 9.17) is 19.4 Å². The van der Waals surface area contributed by atoms with Crippen LogP contribution in [0.4, 0.5) is 5.69 Å². The van der Waals surface area contributed by atoms with Gasteiger partial charge in [-0.1, -0.05) is 17.6 Å². The first kappa shape index (κ1) is 10.6. The van der Waals surface area contributed by atoms with Crippen molar-refractivity contribution in [1.29, 1.82) is 0 Å². The summed E-state index contributed by atoms with van der Waals surface area (Å²) in [6.45, 7) is 0.752. The molecular weight excluding hydrogens is 208 g/mol. The Bertz CT molecular complexity index is 394. The number of halogens is 1. The average molecular weight is 219 g/mol. The smallest absolute Gasteiger partial charge is 0.241 e. The van der Waals surface area contributed by atoms with Crippen LogP contribution in [-0.2, 0) is 11.2 Å². The predicted molar refractivity (Wildman–Crippen MR) is 63.2 cm³/mol. The van der Waals surface area contributed by atoms with E-state index in [-0.39, 0.29) is 11.8 Å². The molecule has 1 aliphatic rings. The van der Waals surface area contributed by atoms with Gasteiger partial charge >= 0.3 is 0 Å². The highest BCUT2D eigenvalue weighted by atomic mass is 35.5. The van der Waals surface area contributed by atoms with Crippen LogP contribution >= 0.6 is 11.6 Å². The molecule has 0 atom stereocenters. The van der Waals surface area contributed by atoms with Gasteiger partial charge in [0.25, 0.3) is 0 Å². The van der Waals surface area contributed by atoms with Gasteiger partial charge in [-0.3, -0.25) is 4.79 Å². The summed E-state index contributed by atoms with van der Waals surface area (Å²) >= 11 is 5.57. The van der Waals surface area contributed by atoms with E-state index in [1.165, 1.54) is 0 Å². The number of amides is 1. The lowest BCUT2D eigenvalue weighted by Crippen LogP contribution is -2.36. The van der Waals surface area contributed by atoms with Gasteiger partial charge in [-0.2, -0.15) is 0 Å². The van der Waals surface area contributed by atoms with Crippen molar-refractivity contribution in [3.63, 3.8) is 0 Å². The number of rotatable bonds is 1. The first-order valence-electron chi connectivity index (χ1n) is 4.97. The number of hydrogen-bond donors (Lipinski definition) is 0. The van der Waals surface area contributed by atoms with E-state index < -0.39 is 0 Å². The highest BCUT2D eigenvalue weighted by Gasteiger charge is 2.21. The maximum atomic E-state index is 11.6. The van der Waals surface area contributed by atoms with Crippen LogP contribution in [0.15, 0.2) is 18.2 Å². The number of anilines is 1. The van der Waals surface area contributed by atoms with Crippen LogP contribution < -0.4 is 10.4 Å². The molecule has 15 heavy (non-hydrogen) atoms. The van der Waals surface area contributed by atoms with Crippen molar-refractivity contribution in [1.82, 2.24) is 0 Å². The third-order valence-corrected chi connectivity index (χ3v) is 2.87. The minimum atomic E-state index is -0.0395. The van der Waals surface area contributed by atoms with E-state index in [1.54, 1.807) is 4.90 Å². The molecule has 1 aromatic carbocycles. The topological polar surface area (TPSA) is 20.3 Å². The van der Waals surface area contributed by atoms with Crippen LogP contribution in [0.25, 0.3) is 0 Å². The molecule has 2 radical (unpaired) electrons. The Hall–Kier alpha value is -0.955. The molecule has 1 aromatic rings. The lowest BCUT2D eigenvalue weighted by atomic mass is 9.90. The number of aryl methyl sites for hydroxylation is 1. The zero-order valence-corrected chi connectivity index (χ0v) is 9.13. The van der Waals surface area contributed by atoms with Gasteiger partial charge in [0.1, 0.15) is 13.7 Å². The van der Waals surface area contributed by atoms with Crippen molar-refractivity contribution < 1.29 is 4.79 Å². The van der Waals surface area contributed by atoms with Crippen molar-refractivity contribution in [2.75, 3.05) is 17.3 Å². The Morgan fingerprint density at radius 1 is 1.53 bits per heavy atom. The molecular formula is C11H11BClNO. The van der Waals surface area contributed by atoms with E-state index in [9.17, 15) is 4.79 Å². The summed E-state index contributed by atoms with van der Waals surface area (Å²) in [5.74, 6) is -0.00789. The maximum absolute atomic E-state index is 11.6. The molecule has 0 unspecified atom stereocenters. The summed E-state index contributed by atoms with van der Waals surface area (Å²) in [4.78, 5) is 13.3. The lowest BCUT2D eigenvalue weighted by molar-refractivity contribution is -0.116. The molecule has 0 saturated heterocycles. The van der Waals surface area contributed by atoms with Crippen LogP contribution in [-0.4, -0.2) is 26.2 Å². The van der Waals surface area contributed by atoms with Crippen LogP contribution in [0.3, 0.4) is 0 Å². The van der Waals surface area contributed by atoms with Gasteiger partial charge in [0.2, 0.25) is 5.91 Å². The summed E-state index contributed by atoms with van der Waals surface area (Å²) < 4.78 is 0. The Balaban J connectivity index is 2.38. The Morgan fingerprint density at radius 2 is 2.33 bits per heavy atom. The molecule has 2 rings (SSSR count). The molecule has 4 heteroatoms. The van der Waals surface area contributed by atoms with Gasteiger partial charge in [0.15, 0.2) is 0 Å². The molecule has 2 nitrogen and oxygen atoms in total. The van der Waals surface area contributed by atoms with Gasteiger partial charge in [0, 0.05) is 12.2 Å². The highest BCUT2D eigenvalue weighted by molar-refractivity contribution is 6.32. The van der Waals surface area contributed by atoms with Crippen molar-refractivity contribution >= 4 is 36.5 Å². The highest BCUT2D eigenvalue weighted by Crippen LogP contribution is 2.26. The van der Waals surface area contributed by atoms with Crippen LogP contribution in [0, 0.1) is 0 Å². The van der Waals surface area contributed by atoms with Gasteiger partial charge in [-0.25, -0.2) is 0 Å². The van der Waals surface area contributed by atoms with E-state index >= 15 is 0 Å². The first-order valence-corrected chi connectivity index (χ1v) is 5.50. The minimum absolute atomic E-state index is 0.0316. The van der Waals surface area contributed by atoms with Crippen LogP contribution in [0.5, 0.6) is 0 Å². The van der Waals surface area contributed by atoms with Gasteiger partial charge in [0.05, 0.1) is 0 Å². The fourth-order valence-corrected chi connectivity index (χ4v) is 2.09. The summed E-state index contributed by atoms with van der Waals surface area (Å²) in [5, 5.41) is 0. The summed E-state index contributed by atoms with van der Waals surface area (Å²) in [5.41, 5.74) is 2.84. The van der Waals surface area contributed by atoms with Crippen molar-refractivity contribution in [3.05, 3.63) is 23.8 Å². The van der Waals surface area contributed by atoms with E-state index in [0.717, 1.165) is 36.1 Å². The number of hydrogen-bond acceptors (Lipinski definition) is 1. The number of carbonyl (C=O) groups is 1. The molecule has 1 aliphatic heterocycles. The fourth-order valence-electron chi connectivity index (χ4n) is 1.95. The lowest BCUT2D eigenvalue weighted by Gasteiger charge is -2.29. The normalized spacial score (nSPS) is 14.9. The molecule has 76 valence electrons. The Morgan fingerprint density at radius 3 is 3.07 bits per heavy atom. The quantitative estimate of drug-likeness (QED) is 0.510. The van der Waals surface area contributed by atoms with E-state index in [1.807, 2.05) is 18.2 Å². The molecule has 0 aliphatic carbocycles. The SMILES string of the molecule is [B]c1ccc2c(c1)CCCN2C(=O)CCl. The molecule has 1 amide bonds. The first-order chi connectivity index (χ1) is 7.22. The molecule has 1 heterocycles. The summed E-state index contributed by atoms with van der Waals surface area (Å²) in [6, 6.07) is 5.65. The molecule has 0 bridgehead atoms. The van der Waals surface area contributed by atoms with Gasteiger partial charge in [-0.15, -0.1) is 11.6 Å². The second-order valence-corrected chi connectivity index (χ2v) is 3.94. The number of carbonyl (C=O) groups excluding carboxylic acids is 1. The third kappa shape index (κ3) is 2.02. The van der Waals surface area contributed by atoms with Crippen LogP contribution in [0.1, 0.15) is 12.0 Å². The van der Waals surface area contributed by atoms with Crippen LogP contribution in [0.2, 0.25) is 0 Å². The molecule has 0 spiro atoms. The standard InChI is InChI=1S/C11H11BClNO/c12-9-3-4-10-8(6-9)2-1-5-14(10)11(15)7-13/h3-4,6H,1-2,5,7H2. The largest absolute Gasteiger partial charge is 0.311 e. The second kappa shape index (κ2) is 4.27. The Labute approximate surface area is 95.6 Å². The third-order valence-electron chi connectivity index (χ3n) is 2.64. The van der Waals surface area contributed by atoms with E-state index in [2.05, 4.69) is 0 Å². The average Bonchev–Trinajstić information content (AvgIpc) is 2.26. The number of fused-ring (bicyclic) bond motifs is 1.